The van der Waals surface area contributed by atoms with Crippen LogP contribution in [0.25, 0.3) is 33.1 Å². The van der Waals surface area contributed by atoms with E-state index in [-0.39, 0.29) is 6.61 Å². The van der Waals surface area contributed by atoms with Gasteiger partial charge in [0.2, 0.25) is 5.88 Å². The molecule has 3 aromatic carbocycles. The number of methoxy groups -OCH3 is 2. The number of fused-ring (bicyclic) bond motifs is 2. The fourth-order valence-corrected chi connectivity index (χ4v) is 5.00. The molecule has 5 aromatic rings. The second-order valence-electron chi connectivity index (χ2n) is 8.73. The standard InChI is InChI=1S/C29H29N3O6S/c1-5-13-37-20-9-12-25-22(15-20)27(21-10-8-19(34-3)16-26(21)35-4)28(38-29(33)36-6-2)32(25)17-18-7-11-23-24(14-18)31-39-30-23/h7-12,14-16H,5-6,13,17H2,1-4H3. The van der Waals surface area contributed by atoms with Gasteiger partial charge in [-0.2, -0.15) is 8.75 Å². The Balaban J connectivity index is 1.76. The molecular weight excluding hydrogens is 518 g/mol. The predicted molar refractivity (Wildman–Crippen MR) is 150 cm³/mol. The summed E-state index contributed by atoms with van der Waals surface area (Å²) in [6.07, 6.45) is 0.0838. The number of ether oxygens (including phenoxy) is 5. The third kappa shape index (κ3) is 5.33. The van der Waals surface area contributed by atoms with Crippen LogP contribution in [0.3, 0.4) is 0 Å². The van der Waals surface area contributed by atoms with Gasteiger partial charge in [0.25, 0.3) is 0 Å². The lowest BCUT2D eigenvalue weighted by Gasteiger charge is -2.14. The summed E-state index contributed by atoms with van der Waals surface area (Å²) in [5.74, 6) is 2.25. The Hall–Kier alpha value is -4.31. The summed E-state index contributed by atoms with van der Waals surface area (Å²) >= 11 is 1.17. The summed E-state index contributed by atoms with van der Waals surface area (Å²) in [7, 11) is 3.19. The molecule has 9 nitrogen and oxygen atoms in total. The van der Waals surface area contributed by atoms with Crippen molar-refractivity contribution in [3.8, 4) is 34.3 Å². The van der Waals surface area contributed by atoms with Crippen LogP contribution in [0.1, 0.15) is 25.8 Å². The minimum absolute atomic E-state index is 0.183. The van der Waals surface area contributed by atoms with E-state index in [4.69, 9.17) is 23.7 Å². The molecule has 0 saturated carbocycles. The van der Waals surface area contributed by atoms with Crippen LogP contribution in [0.15, 0.2) is 54.6 Å². The SMILES string of the molecule is CCCOc1ccc2c(c1)c(-c1ccc(OC)cc1OC)c(OC(=O)OCC)n2Cc1ccc2nsnc2c1. The molecule has 2 aromatic heterocycles. The molecule has 0 fully saturated rings. The number of carbonyl (C=O) groups is 1. The lowest BCUT2D eigenvalue weighted by atomic mass is 10.0. The summed E-state index contributed by atoms with van der Waals surface area (Å²) in [6.45, 7) is 4.97. The Morgan fingerprint density at radius 2 is 1.74 bits per heavy atom. The van der Waals surface area contributed by atoms with Crippen molar-refractivity contribution in [2.75, 3.05) is 27.4 Å². The molecule has 0 spiro atoms. The number of benzene rings is 3. The Bertz CT molecular complexity index is 1630. The number of nitrogens with zero attached hydrogens (tertiary/aromatic N) is 3. The molecule has 0 aliphatic heterocycles. The van der Waals surface area contributed by atoms with Crippen LogP contribution < -0.4 is 18.9 Å². The van der Waals surface area contributed by atoms with Gasteiger partial charge < -0.3 is 28.3 Å². The third-order valence-electron chi connectivity index (χ3n) is 6.24. The molecule has 0 radical (unpaired) electrons. The van der Waals surface area contributed by atoms with Crippen molar-refractivity contribution in [1.29, 1.82) is 0 Å². The van der Waals surface area contributed by atoms with E-state index in [2.05, 4.69) is 15.7 Å². The minimum Gasteiger partial charge on any atom is -0.497 e. The monoisotopic (exact) mass is 547 g/mol. The van der Waals surface area contributed by atoms with Gasteiger partial charge in [0.15, 0.2) is 0 Å². The molecule has 0 N–H and O–H groups in total. The zero-order valence-electron chi connectivity index (χ0n) is 22.2. The van der Waals surface area contributed by atoms with E-state index in [9.17, 15) is 4.79 Å². The van der Waals surface area contributed by atoms with E-state index in [1.807, 2.05) is 53.1 Å². The van der Waals surface area contributed by atoms with Gasteiger partial charge >= 0.3 is 6.16 Å². The first-order valence-corrected chi connectivity index (χ1v) is 13.4. The Morgan fingerprint density at radius 1 is 0.923 bits per heavy atom. The summed E-state index contributed by atoms with van der Waals surface area (Å²) in [4.78, 5) is 12.7. The summed E-state index contributed by atoms with van der Waals surface area (Å²) in [5.41, 5.74) is 4.88. The first-order chi connectivity index (χ1) is 19.1. The molecule has 10 heteroatoms. The topological polar surface area (TPSA) is 93.9 Å². The second-order valence-corrected chi connectivity index (χ2v) is 9.26. The van der Waals surface area contributed by atoms with Gasteiger partial charge in [-0.15, -0.1) is 0 Å². The molecule has 0 aliphatic rings. The Labute approximate surface area is 230 Å². The van der Waals surface area contributed by atoms with E-state index in [0.717, 1.165) is 39.5 Å². The second kappa shape index (κ2) is 11.6. The van der Waals surface area contributed by atoms with Crippen molar-refractivity contribution in [2.45, 2.75) is 26.8 Å². The van der Waals surface area contributed by atoms with Crippen molar-refractivity contribution in [1.82, 2.24) is 13.3 Å². The highest BCUT2D eigenvalue weighted by Crippen LogP contribution is 2.46. The largest absolute Gasteiger partial charge is 0.515 e. The van der Waals surface area contributed by atoms with Crippen molar-refractivity contribution in [3.63, 3.8) is 0 Å². The number of aromatic nitrogens is 3. The highest BCUT2D eigenvalue weighted by Gasteiger charge is 2.26. The molecule has 0 aliphatic carbocycles. The summed E-state index contributed by atoms with van der Waals surface area (Å²) in [5, 5.41) is 0.836. The van der Waals surface area contributed by atoms with Crippen molar-refractivity contribution >= 4 is 39.8 Å². The number of carbonyl (C=O) groups excluding carboxylic acids is 1. The van der Waals surface area contributed by atoms with Gasteiger partial charge in [-0.25, -0.2) is 4.79 Å². The first-order valence-electron chi connectivity index (χ1n) is 12.6. The van der Waals surface area contributed by atoms with Crippen LogP contribution in [0.4, 0.5) is 4.79 Å². The zero-order valence-corrected chi connectivity index (χ0v) is 23.0. The van der Waals surface area contributed by atoms with Crippen molar-refractivity contribution in [2.24, 2.45) is 0 Å². The molecule has 0 bridgehead atoms. The predicted octanol–water partition coefficient (Wildman–Crippen LogP) is 6.70. The molecule has 5 rings (SSSR count). The van der Waals surface area contributed by atoms with Crippen molar-refractivity contribution in [3.05, 3.63) is 60.2 Å². The van der Waals surface area contributed by atoms with Gasteiger partial charge in [-0.1, -0.05) is 13.0 Å². The fourth-order valence-electron chi connectivity index (χ4n) is 4.48. The van der Waals surface area contributed by atoms with E-state index >= 15 is 0 Å². The Kier molecular flexibility index (Phi) is 7.83. The van der Waals surface area contributed by atoms with Crippen LogP contribution >= 0.6 is 11.7 Å². The highest BCUT2D eigenvalue weighted by atomic mass is 32.1. The van der Waals surface area contributed by atoms with Crippen LogP contribution in [-0.2, 0) is 11.3 Å². The number of rotatable bonds is 10. The smallest absolute Gasteiger partial charge is 0.497 e. The average Bonchev–Trinajstić information content (AvgIpc) is 3.53. The number of hydrogen-bond donors (Lipinski definition) is 0. The van der Waals surface area contributed by atoms with Gasteiger partial charge in [-0.3, -0.25) is 0 Å². The zero-order chi connectivity index (χ0) is 27.4. The van der Waals surface area contributed by atoms with Crippen LogP contribution in [-0.4, -0.2) is 46.9 Å². The molecular formula is C29H29N3O6S. The van der Waals surface area contributed by atoms with Crippen LogP contribution in [0.5, 0.6) is 23.1 Å². The molecule has 0 atom stereocenters. The summed E-state index contributed by atoms with van der Waals surface area (Å²) in [6, 6.07) is 17.3. The van der Waals surface area contributed by atoms with E-state index in [0.29, 0.717) is 41.8 Å². The maximum Gasteiger partial charge on any atom is 0.515 e. The molecule has 0 saturated heterocycles. The molecule has 0 amide bonds. The normalized spacial score (nSPS) is 11.1. The lowest BCUT2D eigenvalue weighted by molar-refractivity contribution is 0.101. The van der Waals surface area contributed by atoms with Gasteiger partial charge in [0, 0.05) is 17.0 Å². The first kappa shape index (κ1) is 26.3. The van der Waals surface area contributed by atoms with E-state index in [1.54, 1.807) is 27.2 Å². The summed E-state index contributed by atoms with van der Waals surface area (Å²) < 4.78 is 38.9. The van der Waals surface area contributed by atoms with E-state index in [1.165, 1.54) is 11.7 Å². The molecule has 0 unspecified atom stereocenters. The fraction of sp³-hybridized carbons (Fsp3) is 0.276. The van der Waals surface area contributed by atoms with Crippen LogP contribution in [0, 0.1) is 0 Å². The third-order valence-corrected chi connectivity index (χ3v) is 6.80. The highest BCUT2D eigenvalue weighted by molar-refractivity contribution is 7.00. The van der Waals surface area contributed by atoms with Gasteiger partial charge in [-0.05, 0) is 61.4 Å². The molecule has 2 heterocycles. The maximum atomic E-state index is 12.7. The quantitative estimate of drug-likeness (QED) is 0.178. The Morgan fingerprint density at radius 3 is 2.51 bits per heavy atom. The van der Waals surface area contributed by atoms with Crippen LogP contribution in [0.2, 0.25) is 0 Å². The average molecular weight is 548 g/mol. The van der Waals surface area contributed by atoms with E-state index < -0.39 is 6.16 Å². The molecule has 202 valence electrons. The lowest BCUT2D eigenvalue weighted by Crippen LogP contribution is -2.14. The van der Waals surface area contributed by atoms with Crippen molar-refractivity contribution < 1.29 is 28.5 Å². The molecule has 39 heavy (non-hydrogen) atoms. The van der Waals surface area contributed by atoms with Gasteiger partial charge in [0.05, 0.1) is 56.8 Å². The minimum atomic E-state index is -0.795. The maximum absolute atomic E-state index is 12.7. The number of hydrogen-bond acceptors (Lipinski definition) is 9. The van der Waals surface area contributed by atoms with Gasteiger partial charge in [0.1, 0.15) is 28.3 Å².